The first kappa shape index (κ1) is 12.8. The van der Waals surface area contributed by atoms with E-state index >= 15 is 0 Å². The fourth-order valence-electron chi connectivity index (χ4n) is 3.82. The van der Waals surface area contributed by atoms with Crippen LogP contribution in [0, 0.1) is 17.3 Å². The molecule has 1 aliphatic carbocycles. The maximum absolute atomic E-state index is 4.46. The highest BCUT2D eigenvalue weighted by molar-refractivity contribution is 5.56. The lowest BCUT2D eigenvalue weighted by molar-refractivity contribution is 0.493. The molecule has 0 N–H and O–H groups in total. The molecule has 1 aliphatic heterocycles. The zero-order valence-corrected chi connectivity index (χ0v) is 12.8. The fourth-order valence-corrected chi connectivity index (χ4v) is 3.82. The van der Waals surface area contributed by atoms with Gasteiger partial charge >= 0.3 is 0 Å². The number of pyridine rings is 1. The molecule has 0 aromatic carbocycles. The summed E-state index contributed by atoms with van der Waals surface area (Å²) in [5.41, 5.74) is 1.56. The molecule has 5 nitrogen and oxygen atoms in total. The number of rotatable bonds is 3. The molecule has 5 heteroatoms. The van der Waals surface area contributed by atoms with Crippen LogP contribution < -0.4 is 4.90 Å². The molecule has 0 amide bonds. The average Bonchev–Trinajstić information content (AvgIpc) is 2.95. The third kappa shape index (κ3) is 1.79. The highest BCUT2D eigenvalue weighted by Crippen LogP contribution is 2.62. The third-order valence-electron chi connectivity index (χ3n) is 5.37. The summed E-state index contributed by atoms with van der Waals surface area (Å²) < 4.78 is 2.20. The van der Waals surface area contributed by atoms with E-state index in [0.29, 0.717) is 5.41 Å². The Balaban J connectivity index is 1.65. The van der Waals surface area contributed by atoms with Gasteiger partial charge in [0.1, 0.15) is 0 Å². The molecule has 2 aliphatic rings. The number of piperidine rings is 1. The van der Waals surface area contributed by atoms with Crippen molar-refractivity contribution in [3.05, 3.63) is 24.5 Å². The number of fused-ring (bicyclic) bond motifs is 1. The number of nitrogens with zero attached hydrogens (tertiary/aromatic N) is 5. The molecular weight excluding hydrogens is 262 g/mol. The van der Waals surface area contributed by atoms with Crippen molar-refractivity contribution >= 4 is 5.95 Å². The molecule has 110 valence electrons. The molecule has 1 saturated carbocycles. The van der Waals surface area contributed by atoms with E-state index < -0.39 is 0 Å². The second-order valence-corrected chi connectivity index (χ2v) is 6.75. The molecule has 2 atom stereocenters. The normalized spacial score (nSPS) is 26.0. The second kappa shape index (κ2) is 4.29. The monoisotopic (exact) mass is 283 g/mol. The molecule has 4 rings (SSSR count). The topological polar surface area (TPSA) is 46.8 Å². The van der Waals surface area contributed by atoms with Crippen molar-refractivity contribution in [2.45, 2.75) is 27.3 Å². The van der Waals surface area contributed by atoms with Crippen molar-refractivity contribution in [1.29, 1.82) is 0 Å². The van der Waals surface area contributed by atoms with Gasteiger partial charge in [-0.3, -0.25) is 9.55 Å². The van der Waals surface area contributed by atoms with Crippen molar-refractivity contribution in [2.75, 3.05) is 18.0 Å². The molecule has 21 heavy (non-hydrogen) atoms. The quantitative estimate of drug-likeness (QED) is 0.868. The van der Waals surface area contributed by atoms with Crippen LogP contribution in [-0.2, 0) is 6.54 Å². The zero-order chi connectivity index (χ0) is 14.6. The van der Waals surface area contributed by atoms with Crippen molar-refractivity contribution < 1.29 is 0 Å². The maximum atomic E-state index is 4.46. The van der Waals surface area contributed by atoms with Gasteiger partial charge in [-0.25, -0.2) is 0 Å². The van der Waals surface area contributed by atoms with Gasteiger partial charge < -0.3 is 4.90 Å². The van der Waals surface area contributed by atoms with Gasteiger partial charge in [0.2, 0.25) is 5.95 Å². The molecular formula is C16H21N5. The zero-order valence-electron chi connectivity index (χ0n) is 12.8. The molecule has 0 radical (unpaired) electrons. The van der Waals surface area contributed by atoms with E-state index in [1.807, 2.05) is 18.3 Å². The molecule has 3 heterocycles. The van der Waals surface area contributed by atoms with Crippen molar-refractivity contribution in [3.8, 4) is 11.4 Å². The van der Waals surface area contributed by atoms with Gasteiger partial charge in [0, 0.05) is 37.6 Å². The summed E-state index contributed by atoms with van der Waals surface area (Å²) in [7, 11) is 0. The predicted octanol–water partition coefficient (Wildman–Crippen LogP) is 2.45. The van der Waals surface area contributed by atoms with Crippen LogP contribution in [0.3, 0.4) is 0 Å². The lowest BCUT2D eigenvalue weighted by Gasteiger charge is -2.23. The van der Waals surface area contributed by atoms with Crippen LogP contribution in [0.25, 0.3) is 11.4 Å². The predicted molar refractivity (Wildman–Crippen MR) is 81.9 cm³/mol. The smallest absolute Gasteiger partial charge is 0.227 e. The van der Waals surface area contributed by atoms with Crippen LogP contribution in [0.5, 0.6) is 0 Å². The van der Waals surface area contributed by atoms with Gasteiger partial charge in [0.15, 0.2) is 5.82 Å². The van der Waals surface area contributed by atoms with E-state index in [9.17, 15) is 0 Å². The minimum absolute atomic E-state index is 0.528. The van der Waals surface area contributed by atoms with E-state index in [0.717, 1.165) is 48.8 Å². The van der Waals surface area contributed by atoms with E-state index in [-0.39, 0.29) is 0 Å². The first-order chi connectivity index (χ1) is 10.1. The van der Waals surface area contributed by atoms with Gasteiger partial charge in [-0.1, -0.05) is 13.8 Å². The largest absolute Gasteiger partial charge is 0.340 e. The summed E-state index contributed by atoms with van der Waals surface area (Å²) >= 11 is 0. The number of anilines is 1. The first-order valence-corrected chi connectivity index (χ1v) is 7.71. The number of hydrogen-bond acceptors (Lipinski definition) is 4. The Labute approximate surface area is 125 Å². The molecule has 2 aromatic rings. The Kier molecular flexibility index (Phi) is 2.62. The summed E-state index contributed by atoms with van der Waals surface area (Å²) in [6.07, 6.45) is 3.64. The Morgan fingerprint density at radius 1 is 1.24 bits per heavy atom. The van der Waals surface area contributed by atoms with Crippen molar-refractivity contribution in [3.63, 3.8) is 0 Å². The van der Waals surface area contributed by atoms with Crippen molar-refractivity contribution in [1.82, 2.24) is 19.7 Å². The molecule has 2 unspecified atom stereocenters. The summed E-state index contributed by atoms with van der Waals surface area (Å²) in [5.74, 6) is 3.57. The highest BCUT2D eigenvalue weighted by Gasteiger charge is 2.62. The Bertz CT molecular complexity index is 647. The summed E-state index contributed by atoms with van der Waals surface area (Å²) in [4.78, 5) is 6.59. The molecule has 2 fully saturated rings. The first-order valence-electron chi connectivity index (χ1n) is 7.71. The molecule has 0 bridgehead atoms. The van der Waals surface area contributed by atoms with Crippen LogP contribution >= 0.6 is 0 Å². The number of hydrogen-bond donors (Lipinski definition) is 0. The van der Waals surface area contributed by atoms with E-state index in [4.69, 9.17) is 0 Å². The van der Waals surface area contributed by atoms with Crippen LogP contribution in [0.1, 0.15) is 20.8 Å². The van der Waals surface area contributed by atoms with Crippen LogP contribution in [0.4, 0.5) is 5.95 Å². The van der Waals surface area contributed by atoms with E-state index in [2.05, 4.69) is 45.4 Å². The Morgan fingerprint density at radius 3 is 2.62 bits per heavy atom. The van der Waals surface area contributed by atoms with Crippen LogP contribution in [0.2, 0.25) is 0 Å². The standard InChI is InChI=1S/C16H21N5/c1-4-21-14(11-6-5-7-17-8-11)18-19-15(21)20-9-12-13(10-20)16(12,2)3/h5-8,12-13H,4,9-10H2,1-3H3. The van der Waals surface area contributed by atoms with E-state index in [1.54, 1.807) is 6.20 Å². The van der Waals surface area contributed by atoms with Gasteiger partial charge in [-0.15, -0.1) is 10.2 Å². The summed E-state index contributed by atoms with van der Waals surface area (Å²) in [5, 5.41) is 8.87. The maximum Gasteiger partial charge on any atom is 0.227 e. The van der Waals surface area contributed by atoms with Gasteiger partial charge in [-0.2, -0.15) is 0 Å². The molecule has 1 saturated heterocycles. The fraction of sp³-hybridized carbons (Fsp3) is 0.562. The lowest BCUT2D eigenvalue weighted by atomic mass is 10.1. The summed E-state index contributed by atoms with van der Waals surface area (Å²) in [6, 6.07) is 3.98. The Hall–Kier alpha value is -1.91. The van der Waals surface area contributed by atoms with Gasteiger partial charge in [-0.05, 0) is 36.3 Å². The number of aromatic nitrogens is 4. The highest BCUT2D eigenvalue weighted by atomic mass is 15.4. The second-order valence-electron chi connectivity index (χ2n) is 6.75. The molecule has 2 aromatic heterocycles. The van der Waals surface area contributed by atoms with E-state index in [1.165, 1.54) is 0 Å². The van der Waals surface area contributed by atoms with Crippen LogP contribution in [-0.4, -0.2) is 32.8 Å². The SMILES string of the molecule is CCn1c(-c2cccnc2)nnc1N1CC2C(C1)C2(C)C. The lowest BCUT2D eigenvalue weighted by Crippen LogP contribution is -2.28. The van der Waals surface area contributed by atoms with Gasteiger partial charge in [0.05, 0.1) is 0 Å². The minimum atomic E-state index is 0.528. The van der Waals surface area contributed by atoms with Gasteiger partial charge in [0.25, 0.3) is 0 Å². The third-order valence-corrected chi connectivity index (χ3v) is 5.37. The van der Waals surface area contributed by atoms with Crippen LogP contribution in [0.15, 0.2) is 24.5 Å². The minimum Gasteiger partial charge on any atom is -0.340 e. The molecule has 0 spiro atoms. The summed E-state index contributed by atoms with van der Waals surface area (Å²) in [6.45, 7) is 10.0. The Morgan fingerprint density at radius 2 is 2.00 bits per heavy atom. The van der Waals surface area contributed by atoms with Crippen molar-refractivity contribution in [2.24, 2.45) is 17.3 Å². The average molecular weight is 283 g/mol.